The van der Waals surface area contributed by atoms with Crippen LogP contribution in [0.4, 0.5) is 5.82 Å². The molecule has 1 fully saturated rings. The van der Waals surface area contributed by atoms with E-state index in [1.807, 2.05) is 0 Å². The first-order valence-corrected chi connectivity index (χ1v) is 13.8. The lowest BCUT2D eigenvalue weighted by Crippen LogP contribution is -2.33. The number of aromatic nitrogens is 4. The van der Waals surface area contributed by atoms with E-state index >= 15 is 0 Å². The van der Waals surface area contributed by atoms with Gasteiger partial charge in [-0.2, -0.15) is 0 Å². The third-order valence-electron chi connectivity index (χ3n) is 3.84. The maximum absolute atomic E-state index is 10.8. The highest BCUT2D eigenvalue weighted by Gasteiger charge is 2.44. The molecule has 2 aromatic heterocycles. The molecule has 3 heterocycles. The van der Waals surface area contributed by atoms with Gasteiger partial charge < -0.3 is 50.3 Å². The van der Waals surface area contributed by atoms with Gasteiger partial charge >= 0.3 is 23.5 Å². The summed E-state index contributed by atoms with van der Waals surface area (Å²) in [6.45, 7) is -0.390. The summed E-state index contributed by atoms with van der Waals surface area (Å²) in [5.74, 6) is -2.21. The number of alkyl halides is 1. The van der Waals surface area contributed by atoms with Crippen molar-refractivity contribution < 1.29 is 76.6 Å². The van der Waals surface area contributed by atoms with E-state index in [2.05, 4.69) is 33.3 Å². The highest BCUT2D eigenvalue weighted by atomic mass is 35.5. The van der Waals surface area contributed by atoms with Gasteiger partial charge in [0.1, 0.15) is 30.2 Å². The van der Waals surface area contributed by atoms with Crippen molar-refractivity contribution in [1.29, 1.82) is 0 Å². The number of phosphoric acid groups is 3. The number of nitrogens with two attached hydrogens (primary N) is 1. The van der Waals surface area contributed by atoms with E-state index in [1.165, 1.54) is 17.2 Å². The van der Waals surface area contributed by atoms with E-state index < -0.39 is 60.4 Å². The molecular formula is C11H19ClN5O16P3. The summed E-state index contributed by atoms with van der Waals surface area (Å²) in [6.07, 6.45) is -1.42. The number of nitrogens with zero attached hydrogens (tertiary/aromatic N) is 4. The van der Waals surface area contributed by atoms with Crippen molar-refractivity contribution >= 4 is 52.1 Å². The van der Waals surface area contributed by atoms with Crippen LogP contribution < -0.4 is 5.73 Å². The maximum Gasteiger partial charge on any atom is 0.503 e. The van der Waals surface area contributed by atoms with Gasteiger partial charge in [-0.1, -0.05) is 11.6 Å². The normalized spacial score (nSPS) is 25.2. The average molecular weight is 606 g/mol. The van der Waals surface area contributed by atoms with Crippen molar-refractivity contribution in [1.82, 2.24) is 19.5 Å². The highest BCUT2D eigenvalue weighted by molar-refractivity contribution is 7.49. The van der Waals surface area contributed by atoms with Crippen LogP contribution in [0, 0.1) is 0 Å². The number of halogens is 1. The molecule has 1 saturated heterocycles. The number of phosphoric ester groups is 2. The van der Waals surface area contributed by atoms with Gasteiger partial charge in [-0.05, 0) is 0 Å². The number of nitrogen functional groups attached to an aromatic ring is 1. The van der Waals surface area contributed by atoms with Crippen LogP contribution in [0.3, 0.4) is 0 Å². The molecular weight excluding hydrogens is 587 g/mol. The molecule has 1 aliphatic heterocycles. The number of imidazole rings is 1. The van der Waals surface area contributed by atoms with Gasteiger partial charge in [-0.3, -0.25) is 4.57 Å². The van der Waals surface area contributed by atoms with Crippen molar-refractivity contribution in [2.45, 2.75) is 30.3 Å². The number of hydrogen-bond donors (Lipinski definition) is 9. The van der Waals surface area contributed by atoms with E-state index in [0.29, 0.717) is 11.2 Å². The fourth-order valence-corrected chi connectivity index (χ4v) is 4.41. The lowest BCUT2D eigenvalue weighted by atomic mass is 10.1. The van der Waals surface area contributed by atoms with E-state index in [0.717, 1.165) is 0 Å². The van der Waals surface area contributed by atoms with Crippen LogP contribution in [0.15, 0.2) is 12.7 Å². The summed E-state index contributed by atoms with van der Waals surface area (Å²) >= 11 is 4.90. The molecule has 3 rings (SSSR count). The molecule has 21 nitrogen and oxygen atoms in total. The third kappa shape index (κ3) is 8.98. The summed E-state index contributed by atoms with van der Waals surface area (Å²) in [4.78, 5) is 53.1. The Labute approximate surface area is 204 Å². The molecule has 25 heteroatoms. The zero-order valence-corrected chi connectivity index (χ0v) is 20.6. The second-order valence-electron chi connectivity index (χ2n) is 6.40. The molecule has 0 radical (unpaired) electrons. The monoisotopic (exact) mass is 605 g/mol. The Balaban J connectivity index is 0.000000256. The van der Waals surface area contributed by atoms with Gasteiger partial charge in [0.2, 0.25) is 0 Å². The minimum absolute atomic E-state index is 0.218. The fourth-order valence-electron chi connectivity index (χ4n) is 2.50. The van der Waals surface area contributed by atoms with Crippen LogP contribution in [-0.2, 0) is 36.8 Å². The Bertz CT molecular complexity index is 1170. The Kier molecular flexibility index (Phi) is 10.4. The quantitative estimate of drug-likeness (QED) is 0.0481. The Morgan fingerprint density at radius 2 is 1.67 bits per heavy atom. The molecule has 0 amide bonds. The summed E-state index contributed by atoms with van der Waals surface area (Å²) in [6, 6.07) is 0. The summed E-state index contributed by atoms with van der Waals surface area (Å²) in [5, 5.41) is 28.7. The molecule has 2 aromatic rings. The molecule has 0 saturated carbocycles. The fraction of sp³-hybridized carbons (Fsp3) is 0.545. The Morgan fingerprint density at radius 1 is 1.03 bits per heavy atom. The Morgan fingerprint density at radius 3 is 2.19 bits per heavy atom. The van der Waals surface area contributed by atoms with Crippen LogP contribution in [0.2, 0.25) is 0 Å². The molecule has 10 N–H and O–H groups in total. The SMILES string of the molecule is Nc1ncnc2c1ncn2[C@@H]1O[C@H](CO)[C@@H](O)[C@H]1O.O=P(O)(O)OOP(=O)(O)OC(Cl)OP(=O)(O)O. The topological polar surface area (TPSA) is 329 Å². The summed E-state index contributed by atoms with van der Waals surface area (Å²) in [5.41, 5.74) is 6.44. The van der Waals surface area contributed by atoms with E-state index in [9.17, 15) is 23.9 Å². The lowest BCUT2D eigenvalue weighted by molar-refractivity contribution is -0.154. The largest absolute Gasteiger partial charge is 0.503 e. The van der Waals surface area contributed by atoms with Crippen molar-refractivity contribution in [2.24, 2.45) is 0 Å². The number of anilines is 1. The van der Waals surface area contributed by atoms with Crippen molar-refractivity contribution in [2.75, 3.05) is 12.3 Å². The van der Waals surface area contributed by atoms with Crippen LogP contribution in [0.25, 0.3) is 11.2 Å². The molecule has 206 valence electrons. The molecule has 0 aliphatic carbocycles. The maximum atomic E-state index is 10.8. The first-order chi connectivity index (χ1) is 16.4. The number of ether oxygens (including phenoxy) is 1. The van der Waals surface area contributed by atoms with Crippen LogP contribution in [0.1, 0.15) is 6.23 Å². The molecule has 0 spiro atoms. The minimum atomic E-state index is -5.25. The zero-order valence-electron chi connectivity index (χ0n) is 17.2. The number of aliphatic hydroxyl groups excluding tert-OH is 3. The van der Waals surface area contributed by atoms with Gasteiger partial charge in [-0.15, -0.1) is 9.35 Å². The smallest absolute Gasteiger partial charge is 0.394 e. The minimum Gasteiger partial charge on any atom is -0.394 e. The van der Waals surface area contributed by atoms with Crippen LogP contribution in [-0.4, -0.2) is 90.0 Å². The van der Waals surface area contributed by atoms with E-state index in [-0.39, 0.29) is 5.82 Å². The van der Waals surface area contributed by atoms with Crippen LogP contribution in [0.5, 0.6) is 0 Å². The third-order valence-corrected chi connectivity index (χ3v) is 5.84. The first kappa shape index (κ1) is 31.0. The standard InChI is InChI=1S/C10H13N5O4.CH6ClO12P3/c11-8-5-9(13-2-12-8)15(3-14-5)10-7(18)6(17)4(1-16)19-10;2-1(11-15(3,4)5)12-17(9,10)14-13-16(6,7)8/h2-4,6-7,10,16-18H,1H2,(H2,11,12,13);1H,(H,9,10)(H2,3,4,5)(H2,6,7,8)/t4-,6-,7-,10-;/m1./s1. The zero-order chi connectivity index (χ0) is 27.5. The van der Waals surface area contributed by atoms with Gasteiger partial charge in [0.15, 0.2) is 17.7 Å². The molecule has 6 atom stereocenters. The van der Waals surface area contributed by atoms with Crippen LogP contribution >= 0.6 is 35.1 Å². The average Bonchev–Trinajstić information content (AvgIpc) is 3.27. The van der Waals surface area contributed by atoms with Gasteiger partial charge in [0, 0.05) is 0 Å². The second-order valence-corrected chi connectivity index (χ2v) is 10.4. The van der Waals surface area contributed by atoms with Gasteiger partial charge in [0.05, 0.1) is 12.9 Å². The van der Waals surface area contributed by atoms with Crippen molar-refractivity contribution in [3.05, 3.63) is 12.7 Å². The van der Waals surface area contributed by atoms with Crippen molar-refractivity contribution in [3.8, 4) is 0 Å². The van der Waals surface area contributed by atoms with Gasteiger partial charge in [0.25, 0.3) is 5.75 Å². The second kappa shape index (κ2) is 12.1. The number of fused-ring (bicyclic) bond motifs is 1. The summed E-state index contributed by atoms with van der Waals surface area (Å²) < 4.78 is 51.6. The molecule has 36 heavy (non-hydrogen) atoms. The van der Waals surface area contributed by atoms with Gasteiger partial charge in [-0.25, -0.2) is 37.7 Å². The Hall–Kier alpha value is -1.19. The molecule has 2 unspecified atom stereocenters. The lowest BCUT2D eigenvalue weighted by Gasteiger charge is -2.16. The van der Waals surface area contributed by atoms with E-state index in [1.54, 1.807) is 0 Å². The predicted molar refractivity (Wildman–Crippen MR) is 111 cm³/mol. The van der Waals surface area contributed by atoms with Crippen molar-refractivity contribution in [3.63, 3.8) is 0 Å². The number of aliphatic hydroxyl groups is 3. The molecule has 0 aromatic carbocycles. The highest BCUT2D eigenvalue weighted by Crippen LogP contribution is 2.52. The first-order valence-electron chi connectivity index (χ1n) is 8.82. The van der Waals surface area contributed by atoms with E-state index in [4.69, 9.17) is 51.6 Å². The number of rotatable bonds is 9. The number of hydrogen-bond acceptors (Lipinski definition) is 15. The predicted octanol–water partition coefficient (Wildman–Crippen LogP) is -2.20. The summed E-state index contributed by atoms with van der Waals surface area (Å²) in [7, 11) is -15.6. The molecule has 1 aliphatic rings. The molecule has 0 bridgehead atoms.